The van der Waals surface area contributed by atoms with Gasteiger partial charge in [-0.15, -0.1) is 0 Å². The number of nitrogens with two attached hydrogens (primary N) is 1. The van der Waals surface area contributed by atoms with Crippen LogP contribution >= 0.6 is 0 Å². The van der Waals surface area contributed by atoms with Crippen LogP contribution in [-0.4, -0.2) is 45.3 Å². The van der Waals surface area contributed by atoms with E-state index in [1.165, 1.54) is 0 Å². The van der Waals surface area contributed by atoms with Gasteiger partial charge < -0.3 is 10.6 Å². The van der Waals surface area contributed by atoms with Gasteiger partial charge in [-0.2, -0.15) is 5.10 Å². The van der Waals surface area contributed by atoms with Crippen LogP contribution in [-0.2, 0) is 13.0 Å². The molecule has 0 aliphatic carbocycles. The Hall–Kier alpha value is -0.940. The number of hydrogen-bond donors (Lipinski definition) is 1. The lowest BCUT2D eigenvalue weighted by Gasteiger charge is -2.43. The summed E-state index contributed by atoms with van der Waals surface area (Å²) < 4.78 is 2.00. The smallest absolute Gasteiger partial charge is 0.138 e. The molecule has 116 valence electrons. The van der Waals surface area contributed by atoms with E-state index in [2.05, 4.69) is 56.8 Å². The first-order chi connectivity index (χ1) is 9.37. The Kier molecular flexibility index (Phi) is 6.14. The van der Waals surface area contributed by atoms with Crippen molar-refractivity contribution in [3.05, 3.63) is 12.2 Å². The third-order valence-electron chi connectivity index (χ3n) is 4.44. The van der Waals surface area contributed by atoms with E-state index in [0.29, 0.717) is 5.92 Å². The van der Waals surface area contributed by atoms with E-state index >= 15 is 0 Å². The Balaban J connectivity index is 2.89. The topological polar surface area (TPSA) is 60.0 Å². The zero-order valence-corrected chi connectivity index (χ0v) is 13.9. The van der Waals surface area contributed by atoms with E-state index in [9.17, 15) is 0 Å². The molecule has 2 N–H and O–H groups in total. The van der Waals surface area contributed by atoms with Crippen molar-refractivity contribution in [1.29, 1.82) is 0 Å². The van der Waals surface area contributed by atoms with Crippen LogP contribution in [0.4, 0.5) is 0 Å². The molecule has 20 heavy (non-hydrogen) atoms. The summed E-state index contributed by atoms with van der Waals surface area (Å²) >= 11 is 0. The monoisotopic (exact) mass is 281 g/mol. The van der Waals surface area contributed by atoms with E-state index in [-0.39, 0.29) is 11.6 Å². The molecule has 0 saturated carbocycles. The van der Waals surface area contributed by atoms with Gasteiger partial charge >= 0.3 is 0 Å². The van der Waals surface area contributed by atoms with Gasteiger partial charge in [0.1, 0.15) is 12.2 Å². The minimum Gasteiger partial charge on any atom is -0.326 e. The maximum absolute atomic E-state index is 6.54. The Morgan fingerprint density at radius 2 is 1.90 bits per heavy atom. The van der Waals surface area contributed by atoms with E-state index in [1.807, 2.05) is 4.68 Å². The number of likely N-dealkylation sites (N-methyl/N-ethyl adjacent to an activating group) is 1. The van der Waals surface area contributed by atoms with Gasteiger partial charge in [-0.1, -0.05) is 27.7 Å². The highest BCUT2D eigenvalue weighted by molar-refractivity contribution is 5.01. The van der Waals surface area contributed by atoms with Gasteiger partial charge in [-0.05, 0) is 32.9 Å². The molecule has 0 fully saturated rings. The summed E-state index contributed by atoms with van der Waals surface area (Å²) in [5.74, 6) is 1.56. The van der Waals surface area contributed by atoms with Gasteiger partial charge in [-0.25, -0.2) is 9.67 Å². The van der Waals surface area contributed by atoms with Crippen LogP contribution in [0.25, 0.3) is 0 Å². The van der Waals surface area contributed by atoms with E-state index in [1.54, 1.807) is 6.33 Å². The number of aromatic nitrogens is 3. The predicted octanol–water partition coefficient (Wildman–Crippen LogP) is 1.92. The van der Waals surface area contributed by atoms with Crippen LogP contribution in [0.2, 0.25) is 0 Å². The second-order valence-electron chi connectivity index (χ2n) is 6.27. The summed E-state index contributed by atoms with van der Waals surface area (Å²) in [7, 11) is 4.23. The van der Waals surface area contributed by atoms with Crippen LogP contribution in [0.1, 0.15) is 46.4 Å². The minimum absolute atomic E-state index is 0.0224. The summed E-state index contributed by atoms with van der Waals surface area (Å²) in [5, 5.41) is 4.32. The quantitative estimate of drug-likeness (QED) is 0.791. The fraction of sp³-hybridized carbons (Fsp3) is 0.867. The fourth-order valence-corrected chi connectivity index (χ4v) is 3.07. The van der Waals surface area contributed by atoms with Gasteiger partial charge in [0.25, 0.3) is 0 Å². The van der Waals surface area contributed by atoms with Gasteiger partial charge in [0.2, 0.25) is 0 Å². The second kappa shape index (κ2) is 7.18. The predicted molar refractivity (Wildman–Crippen MR) is 83.5 cm³/mol. The summed E-state index contributed by atoms with van der Waals surface area (Å²) in [6.07, 6.45) is 4.48. The van der Waals surface area contributed by atoms with Crippen LogP contribution < -0.4 is 5.73 Å². The maximum atomic E-state index is 6.54. The van der Waals surface area contributed by atoms with Gasteiger partial charge in [-0.3, -0.25) is 0 Å². The first kappa shape index (κ1) is 17.1. The highest BCUT2D eigenvalue weighted by atomic mass is 15.3. The Bertz CT molecular complexity index is 393. The standard InChI is InChI=1S/C15H31N5/c1-7-15(8-2,19(5)6)13(16)9-14-17-11-18-20(14)10-12(3)4/h11-13H,7-10,16H2,1-6H3. The zero-order valence-electron chi connectivity index (χ0n) is 13.9. The summed E-state index contributed by atoms with van der Waals surface area (Å²) in [4.78, 5) is 6.67. The van der Waals surface area contributed by atoms with Crippen LogP contribution in [0, 0.1) is 5.92 Å². The van der Waals surface area contributed by atoms with E-state index in [0.717, 1.165) is 31.6 Å². The van der Waals surface area contributed by atoms with Crippen molar-refractivity contribution in [2.75, 3.05) is 14.1 Å². The molecule has 1 heterocycles. The van der Waals surface area contributed by atoms with E-state index in [4.69, 9.17) is 5.73 Å². The molecule has 0 bridgehead atoms. The third kappa shape index (κ3) is 3.58. The molecule has 1 aromatic heterocycles. The van der Waals surface area contributed by atoms with Crippen LogP contribution in [0.15, 0.2) is 6.33 Å². The third-order valence-corrected chi connectivity index (χ3v) is 4.44. The number of rotatable bonds is 8. The molecule has 1 atom stereocenters. The molecule has 0 saturated heterocycles. The summed E-state index contributed by atoms with van der Waals surface area (Å²) in [5.41, 5.74) is 6.57. The summed E-state index contributed by atoms with van der Waals surface area (Å²) in [6, 6.07) is 0.0580. The Morgan fingerprint density at radius 3 is 2.35 bits per heavy atom. The van der Waals surface area contributed by atoms with Crippen molar-refractivity contribution in [3.8, 4) is 0 Å². The van der Waals surface area contributed by atoms with Crippen molar-refractivity contribution in [1.82, 2.24) is 19.7 Å². The van der Waals surface area contributed by atoms with Crippen LogP contribution in [0.5, 0.6) is 0 Å². The molecule has 1 unspecified atom stereocenters. The lowest BCUT2D eigenvalue weighted by atomic mass is 9.82. The van der Waals surface area contributed by atoms with Gasteiger partial charge in [0.05, 0.1) is 0 Å². The van der Waals surface area contributed by atoms with Gasteiger partial charge in [0, 0.05) is 24.5 Å². The Labute approximate surface area is 123 Å². The van der Waals surface area contributed by atoms with Crippen molar-refractivity contribution in [3.63, 3.8) is 0 Å². The second-order valence-corrected chi connectivity index (χ2v) is 6.27. The normalized spacial score (nSPS) is 14.2. The molecule has 1 rings (SSSR count). The molecular weight excluding hydrogens is 250 g/mol. The molecule has 5 heteroatoms. The highest BCUT2D eigenvalue weighted by Crippen LogP contribution is 2.26. The van der Waals surface area contributed by atoms with Crippen LogP contribution in [0.3, 0.4) is 0 Å². The molecule has 5 nitrogen and oxygen atoms in total. The lowest BCUT2D eigenvalue weighted by molar-refractivity contribution is 0.104. The molecule has 0 aliphatic heterocycles. The van der Waals surface area contributed by atoms with Crippen molar-refractivity contribution in [2.45, 2.75) is 65.1 Å². The fourth-order valence-electron chi connectivity index (χ4n) is 3.07. The number of hydrogen-bond acceptors (Lipinski definition) is 4. The molecule has 0 amide bonds. The molecule has 0 spiro atoms. The summed E-state index contributed by atoms with van der Waals surface area (Å²) in [6.45, 7) is 9.70. The zero-order chi connectivity index (χ0) is 15.3. The Morgan fingerprint density at radius 1 is 1.30 bits per heavy atom. The van der Waals surface area contributed by atoms with Crippen molar-refractivity contribution < 1.29 is 0 Å². The van der Waals surface area contributed by atoms with Crippen molar-refractivity contribution in [2.24, 2.45) is 11.7 Å². The molecule has 0 radical (unpaired) electrons. The molecular formula is C15H31N5. The molecule has 0 aliphatic rings. The van der Waals surface area contributed by atoms with E-state index < -0.39 is 0 Å². The largest absolute Gasteiger partial charge is 0.326 e. The first-order valence-corrected chi connectivity index (χ1v) is 7.67. The van der Waals surface area contributed by atoms with Gasteiger partial charge in [0.15, 0.2) is 0 Å². The highest BCUT2D eigenvalue weighted by Gasteiger charge is 2.36. The molecule has 0 aromatic carbocycles. The minimum atomic E-state index is 0.0224. The van der Waals surface area contributed by atoms with Crippen molar-refractivity contribution >= 4 is 0 Å². The average Bonchev–Trinajstić information content (AvgIpc) is 2.77. The number of nitrogens with zero attached hydrogens (tertiary/aromatic N) is 4. The molecule has 1 aromatic rings. The average molecular weight is 281 g/mol. The lowest BCUT2D eigenvalue weighted by Crippen LogP contribution is -2.57. The SMILES string of the molecule is CCC(CC)(C(N)Cc1ncnn1CC(C)C)N(C)C. The maximum Gasteiger partial charge on any atom is 0.138 e. The first-order valence-electron chi connectivity index (χ1n) is 7.67.